The number of carbonyl (C=O) groups excluding carboxylic acids is 1. The maximum atomic E-state index is 10.9. The highest BCUT2D eigenvalue weighted by molar-refractivity contribution is 5.75. The topological polar surface area (TPSA) is 42.0 Å². The molecule has 0 bridgehead atoms. The number of pyridine rings is 1. The Kier molecular flexibility index (Phi) is 7.42. The Hall–Kier alpha value is -1.38. The van der Waals surface area contributed by atoms with E-state index in [1.165, 1.54) is 0 Å². The minimum absolute atomic E-state index is 0.0758. The largest absolute Gasteiger partial charge is 0.352 e. The van der Waals surface area contributed by atoms with Crippen LogP contribution in [0.2, 0.25) is 0 Å². The molecule has 1 heterocycles. The number of hydrogen-bond acceptors (Lipinski definition) is 2. The number of nitrogens with zero attached hydrogens (tertiary/aromatic N) is 1. The Morgan fingerprint density at radius 1 is 1.36 bits per heavy atom. The third kappa shape index (κ3) is 5.30. The standard InChI is InChI=1S/C9H12N2O.C2H6/c1-2-9(12)11-7-8-3-5-10-6-4-8;1-2/h3-6H,2,7H2,1H3,(H,11,12);1-2H3. The molecular formula is C11H18N2O. The molecule has 0 fully saturated rings. The fraction of sp³-hybridized carbons (Fsp3) is 0.455. The van der Waals surface area contributed by atoms with E-state index in [2.05, 4.69) is 10.3 Å². The first-order valence-electron chi connectivity index (χ1n) is 4.98. The summed E-state index contributed by atoms with van der Waals surface area (Å²) in [5, 5.41) is 2.78. The second kappa shape index (κ2) is 8.23. The van der Waals surface area contributed by atoms with Crippen LogP contribution in [0.25, 0.3) is 0 Å². The van der Waals surface area contributed by atoms with Gasteiger partial charge in [0, 0.05) is 25.4 Å². The van der Waals surface area contributed by atoms with E-state index >= 15 is 0 Å². The van der Waals surface area contributed by atoms with E-state index < -0.39 is 0 Å². The summed E-state index contributed by atoms with van der Waals surface area (Å²) in [6.45, 7) is 6.43. The molecule has 1 amide bonds. The summed E-state index contributed by atoms with van der Waals surface area (Å²) in [5.74, 6) is 0.0758. The molecule has 0 saturated heterocycles. The van der Waals surface area contributed by atoms with Crippen molar-refractivity contribution in [2.24, 2.45) is 0 Å². The molecule has 1 N–H and O–H groups in total. The molecule has 1 aromatic rings. The summed E-state index contributed by atoms with van der Waals surface area (Å²) in [5.41, 5.74) is 1.08. The molecule has 3 nitrogen and oxygen atoms in total. The van der Waals surface area contributed by atoms with Crippen molar-refractivity contribution >= 4 is 5.91 Å². The second-order valence-electron chi connectivity index (χ2n) is 2.49. The van der Waals surface area contributed by atoms with Crippen molar-refractivity contribution in [2.75, 3.05) is 0 Å². The second-order valence-corrected chi connectivity index (χ2v) is 2.49. The number of hydrogen-bond donors (Lipinski definition) is 1. The minimum Gasteiger partial charge on any atom is -0.352 e. The van der Waals surface area contributed by atoms with Gasteiger partial charge in [-0.3, -0.25) is 9.78 Å². The van der Waals surface area contributed by atoms with E-state index in [1.54, 1.807) is 12.4 Å². The van der Waals surface area contributed by atoms with Gasteiger partial charge in [0.15, 0.2) is 0 Å². The summed E-state index contributed by atoms with van der Waals surface area (Å²) >= 11 is 0. The van der Waals surface area contributed by atoms with Crippen molar-refractivity contribution in [1.82, 2.24) is 10.3 Å². The van der Waals surface area contributed by atoms with Crippen LogP contribution in [0, 0.1) is 0 Å². The fourth-order valence-electron chi connectivity index (χ4n) is 0.826. The first kappa shape index (κ1) is 12.6. The zero-order valence-electron chi connectivity index (χ0n) is 9.08. The highest BCUT2D eigenvalue weighted by Crippen LogP contribution is 1.94. The van der Waals surface area contributed by atoms with Gasteiger partial charge in [-0.25, -0.2) is 0 Å². The molecule has 0 unspecified atom stereocenters. The van der Waals surface area contributed by atoms with E-state index in [9.17, 15) is 4.79 Å². The molecule has 14 heavy (non-hydrogen) atoms. The van der Waals surface area contributed by atoms with Crippen LogP contribution in [0.4, 0.5) is 0 Å². The van der Waals surface area contributed by atoms with Gasteiger partial charge in [0.2, 0.25) is 5.91 Å². The zero-order chi connectivity index (χ0) is 10.8. The summed E-state index contributed by atoms with van der Waals surface area (Å²) < 4.78 is 0. The maximum absolute atomic E-state index is 10.9. The highest BCUT2D eigenvalue weighted by atomic mass is 16.1. The van der Waals surface area contributed by atoms with Gasteiger partial charge in [-0.2, -0.15) is 0 Å². The Balaban J connectivity index is 0.000000791. The van der Waals surface area contributed by atoms with Crippen molar-refractivity contribution in [2.45, 2.75) is 33.7 Å². The highest BCUT2D eigenvalue weighted by Gasteiger charge is 1.95. The van der Waals surface area contributed by atoms with Crippen LogP contribution in [-0.2, 0) is 11.3 Å². The molecule has 1 aromatic heterocycles. The number of amides is 1. The maximum Gasteiger partial charge on any atom is 0.219 e. The Labute approximate surface area is 85.6 Å². The average Bonchev–Trinajstić information content (AvgIpc) is 2.30. The van der Waals surface area contributed by atoms with Crippen molar-refractivity contribution in [3.05, 3.63) is 30.1 Å². The quantitative estimate of drug-likeness (QED) is 0.801. The monoisotopic (exact) mass is 194 g/mol. The van der Waals surface area contributed by atoms with Crippen LogP contribution in [0.1, 0.15) is 32.8 Å². The molecule has 0 atom stereocenters. The smallest absolute Gasteiger partial charge is 0.219 e. The predicted molar refractivity (Wildman–Crippen MR) is 57.7 cm³/mol. The number of nitrogens with one attached hydrogen (secondary N) is 1. The van der Waals surface area contributed by atoms with E-state index in [-0.39, 0.29) is 5.91 Å². The molecule has 0 saturated carbocycles. The van der Waals surface area contributed by atoms with Gasteiger partial charge in [-0.1, -0.05) is 20.8 Å². The molecule has 0 spiro atoms. The SMILES string of the molecule is CC.CCC(=O)NCc1ccncc1. The summed E-state index contributed by atoms with van der Waals surface area (Å²) in [6, 6.07) is 3.77. The van der Waals surface area contributed by atoms with Crippen LogP contribution >= 0.6 is 0 Å². The lowest BCUT2D eigenvalue weighted by Gasteiger charge is -2.01. The van der Waals surface area contributed by atoms with Crippen molar-refractivity contribution < 1.29 is 4.79 Å². The number of carbonyl (C=O) groups is 1. The summed E-state index contributed by atoms with van der Waals surface area (Å²) in [7, 11) is 0. The lowest BCUT2D eigenvalue weighted by atomic mass is 10.2. The molecule has 3 heteroatoms. The van der Waals surface area contributed by atoms with E-state index in [0.717, 1.165) is 5.56 Å². The minimum atomic E-state index is 0.0758. The zero-order valence-corrected chi connectivity index (χ0v) is 9.08. The van der Waals surface area contributed by atoms with Crippen LogP contribution in [0.5, 0.6) is 0 Å². The van der Waals surface area contributed by atoms with E-state index in [1.807, 2.05) is 32.9 Å². The van der Waals surface area contributed by atoms with Crippen molar-refractivity contribution in [1.29, 1.82) is 0 Å². The van der Waals surface area contributed by atoms with E-state index in [0.29, 0.717) is 13.0 Å². The lowest BCUT2D eigenvalue weighted by Crippen LogP contribution is -2.21. The van der Waals surface area contributed by atoms with Gasteiger partial charge in [-0.15, -0.1) is 0 Å². The Morgan fingerprint density at radius 3 is 2.43 bits per heavy atom. The van der Waals surface area contributed by atoms with Gasteiger partial charge >= 0.3 is 0 Å². The van der Waals surface area contributed by atoms with Crippen molar-refractivity contribution in [3.8, 4) is 0 Å². The van der Waals surface area contributed by atoms with E-state index in [4.69, 9.17) is 0 Å². The first-order chi connectivity index (χ1) is 6.83. The molecule has 0 aliphatic rings. The van der Waals surface area contributed by atoms with Gasteiger partial charge in [0.25, 0.3) is 0 Å². The number of rotatable bonds is 3. The third-order valence-electron chi connectivity index (χ3n) is 1.56. The van der Waals surface area contributed by atoms with Gasteiger partial charge in [-0.05, 0) is 17.7 Å². The molecule has 0 aliphatic heterocycles. The molecule has 78 valence electrons. The van der Waals surface area contributed by atoms with Crippen LogP contribution in [0.3, 0.4) is 0 Å². The van der Waals surface area contributed by atoms with Gasteiger partial charge < -0.3 is 5.32 Å². The normalized spacial score (nSPS) is 8.50. The van der Waals surface area contributed by atoms with Crippen LogP contribution < -0.4 is 5.32 Å². The molecule has 0 aliphatic carbocycles. The third-order valence-corrected chi connectivity index (χ3v) is 1.56. The van der Waals surface area contributed by atoms with Gasteiger partial charge in [0.1, 0.15) is 0 Å². The summed E-state index contributed by atoms with van der Waals surface area (Å²) in [6.07, 6.45) is 3.96. The average molecular weight is 194 g/mol. The first-order valence-corrected chi connectivity index (χ1v) is 4.98. The van der Waals surface area contributed by atoms with Crippen LogP contribution in [0.15, 0.2) is 24.5 Å². The molecule has 0 radical (unpaired) electrons. The molecule has 0 aromatic carbocycles. The molecule has 1 rings (SSSR count). The summed E-state index contributed by atoms with van der Waals surface area (Å²) in [4.78, 5) is 14.7. The van der Waals surface area contributed by atoms with Crippen molar-refractivity contribution in [3.63, 3.8) is 0 Å². The Bertz CT molecular complexity index is 247. The molecular weight excluding hydrogens is 176 g/mol. The predicted octanol–water partition coefficient (Wildman–Crippen LogP) is 2.13. The lowest BCUT2D eigenvalue weighted by molar-refractivity contribution is -0.120. The Morgan fingerprint density at radius 2 is 1.93 bits per heavy atom. The van der Waals surface area contributed by atoms with Crippen LogP contribution in [-0.4, -0.2) is 10.9 Å². The van der Waals surface area contributed by atoms with Gasteiger partial charge in [0.05, 0.1) is 0 Å². The fourth-order valence-corrected chi connectivity index (χ4v) is 0.826. The number of aromatic nitrogens is 1.